The number of aliphatic imine (C=N–C) groups is 1. The van der Waals surface area contributed by atoms with Crippen molar-refractivity contribution in [1.29, 1.82) is 0 Å². The fourth-order valence-electron chi connectivity index (χ4n) is 3.07. The van der Waals surface area contributed by atoms with Gasteiger partial charge in [-0.15, -0.1) is 0 Å². The number of aromatic nitrogens is 2. The minimum absolute atomic E-state index is 0.584. The largest absolute Gasteiger partial charge is 0.317 e. The van der Waals surface area contributed by atoms with Crippen LogP contribution < -0.4 is 5.32 Å². The molecule has 0 aromatic carbocycles. The number of piperidine rings is 1. The van der Waals surface area contributed by atoms with E-state index in [9.17, 15) is 0 Å². The van der Waals surface area contributed by atoms with Crippen LogP contribution in [0.5, 0.6) is 0 Å². The average molecular weight is 347 g/mol. The summed E-state index contributed by atoms with van der Waals surface area (Å²) in [7, 11) is 0. The van der Waals surface area contributed by atoms with Gasteiger partial charge < -0.3 is 9.88 Å². The molecule has 1 N–H and O–H groups in total. The normalized spacial score (nSPS) is 17.3. The van der Waals surface area contributed by atoms with E-state index in [4.69, 9.17) is 0 Å². The maximum Gasteiger partial charge on any atom is 0.131 e. The molecule has 0 atom stereocenters. The smallest absolute Gasteiger partial charge is 0.131 e. The molecular formula is C16H19BrN4. The molecule has 3 rings (SSSR count). The second-order valence-corrected chi connectivity index (χ2v) is 6.12. The van der Waals surface area contributed by atoms with Crippen molar-refractivity contribution in [2.24, 2.45) is 4.99 Å². The summed E-state index contributed by atoms with van der Waals surface area (Å²) < 4.78 is 2.96. The molecule has 1 aliphatic heterocycles. The van der Waals surface area contributed by atoms with E-state index in [0.29, 0.717) is 5.92 Å². The Morgan fingerprint density at radius 1 is 1.52 bits per heavy atom. The predicted molar refractivity (Wildman–Crippen MR) is 91.8 cm³/mol. The third kappa shape index (κ3) is 2.68. The molecule has 0 spiro atoms. The van der Waals surface area contributed by atoms with Crippen molar-refractivity contribution in [3.05, 3.63) is 34.7 Å². The first-order valence-electron chi connectivity index (χ1n) is 7.25. The second kappa shape index (κ2) is 6.12. The predicted octanol–water partition coefficient (Wildman–Crippen LogP) is 3.78. The van der Waals surface area contributed by atoms with Crippen LogP contribution >= 0.6 is 15.9 Å². The highest BCUT2D eigenvalue weighted by Crippen LogP contribution is 2.34. The minimum Gasteiger partial charge on any atom is -0.317 e. The van der Waals surface area contributed by atoms with Gasteiger partial charge in [-0.25, -0.2) is 9.98 Å². The van der Waals surface area contributed by atoms with E-state index in [1.807, 2.05) is 19.2 Å². The van der Waals surface area contributed by atoms with Crippen molar-refractivity contribution in [3.8, 4) is 0 Å². The summed E-state index contributed by atoms with van der Waals surface area (Å²) in [6.45, 7) is 7.83. The third-order valence-corrected chi connectivity index (χ3v) is 4.57. The standard InChI is InChI=1S/C16H19BrN4/c1-3-16(18-2)21-10-13(11-4-6-19-7-5-11)12-9-20-15(17)8-14(12)21/h3,8-11,19H,2,4-7H2,1H3/b16-3+. The lowest BCUT2D eigenvalue weighted by Gasteiger charge is -2.22. The fourth-order valence-corrected chi connectivity index (χ4v) is 3.39. The molecule has 2 aromatic heterocycles. The monoisotopic (exact) mass is 346 g/mol. The molecule has 1 fully saturated rings. The van der Waals surface area contributed by atoms with Crippen LogP contribution in [-0.4, -0.2) is 29.4 Å². The molecule has 3 heterocycles. The number of nitrogens with zero attached hydrogens (tertiary/aromatic N) is 3. The fraction of sp³-hybridized carbons (Fsp3) is 0.375. The molecule has 0 bridgehead atoms. The molecule has 4 nitrogen and oxygen atoms in total. The number of hydrogen-bond donors (Lipinski definition) is 1. The Kier molecular flexibility index (Phi) is 4.22. The van der Waals surface area contributed by atoms with Gasteiger partial charge in [0.15, 0.2) is 0 Å². The molecule has 0 saturated carbocycles. The Labute approximate surface area is 133 Å². The Bertz CT molecular complexity index is 696. The number of allylic oxidation sites excluding steroid dienone is 1. The van der Waals surface area contributed by atoms with E-state index in [2.05, 4.69) is 54.8 Å². The van der Waals surface area contributed by atoms with Crippen LogP contribution in [0.15, 0.2) is 34.1 Å². The first-order valence-corrected chi connectivity index (χ1v) is 8.04. The van der Waals surface area contributed by atoms with Crippen LogP contribution in [0.4, 0.5) is 0 Å². The first-order chi connectivity index (χ1) is 10.2. The Morgan fingerprint density at radius 2 is 2.29 bits per heavy atom. The maximum atomic E-state index is 4.41. The quantitative estimate of drug-likeness (QED) is 0.678. The van der Waals surface area contributed by atoms with Crippen molar-refractivity contribution >= 4 is 39.4 Å². The van der Waals surface area contributed by atoms with Gasteiger partial charge in [0.2, 0.25) is 0 Å². The van der Waals surface area contributed by atoms with Crippen molar-refractivity contribution in [2.75, 3.05) is 13.1 Å². The van der Waals surface area contributed by atoms with E-state index in [-0.39, 0.29) is 0 Å². The Balaban J connectivity index is 2.18. The van der Waals surface area contributed by atoms with Crippen LogP contribution in [0.3, 0.4) is 0 Å². The summed E-state index contributed by atoms with van der Waals surface area (Å²) in [5, 5.41) is 4.64. The topological polar surface area (TPSA) is 42.2 Å². The summed E-state index contributed by atoms with van der Waals surface area (Å²) in [4.78, 5) is 8.55. The lowest BCUT2D eigenvalue weighted by molar-refractivity contribution is 0.462. The lowest BCUT2D eigenvalue weighted by Crippen LogP contribution is -2.26. The number of hydrogen-bond acceptors (Lipinski definition) is 3. The molecule has 0 radical (unpaired) electrons. The van der Waals surface area contributed by atoms with E-state index < -0.39 is 0 Å². The summed E-state index contributed by atoms with van der Waals surface area (Å²) >= 11 is 3.46. The first kappa shape index (κ1) is 14.5. The van der Waals surface area contributed by atoms with Crippen LogP contribution in [0.2, 0.25) is 0 Å². The van der Waals surface area contributed by atoms with Crippen LogP contribution in [0, 0.1) is 0 Å². The number of nitrogens with one attached hydrogen (secondary N) is 1. The summed E-state index contributed by atoms with van der Waals surface area (Å²) in [6.07, 6.45) is 8.49. The van der Waals surface area contributed by atoms with Gasteiger partial charge in [0.25, 0.3) is 0 Å². The van der Waals surface area contributed by atoms with Crippen molar-refractivity contribution in [1.82, 2.24) is 14.9 Å². The number of fused-ring (bicyclic) bond motifs is 1. The summed E-state index contributed by atoms with van der Waals surface area (Å²) in [5.41, 5.74) is 2.50. The van der Waals surface area contributed by atoms with Gasteiger partial charge in [-0.3, -0.25) is 0 Å². The SMILES string of the molecule is C=N/C(=C\C)n1cc(C2CCNCC2)c2cnc(Br)cc21. The van der Waals surface area contributed by atoms with Gasteiger partial charge in [-0.05, 0) is 79.1 Å². The lowest BCUT2D eigenvalue weighted by atomic mass is 9.90. The molecule has 1 saturated heterocycles. The highest BCUT2D eigenvalue weighted by Gasteiger charge is 2.21. The van der Waals surface area contributed by atoms with Gasteiger partial charge in [0.1, 0.15) is 10.4 Å². The molecule has 0 amide bonds. The molecule has 21 heavy (non-hydrogen) atoms. The molecule has 2 aromatic rings. The Morgan fingerprint density at radius 3 is 2.95 bits per heavy atom. The van der Waals surface area contributed by atoms with E-state index in [1.54, 1.807) is 0 Å². The molecule has 0 unspecified atom stereocenters. The van der Waals surface area contributed by atoms with Crippen LogP contribution in [0.25, 0.3) is 16.7 Å². The van der Waals surface area contributed by atoms with Gasteiger partial charge in [-0.2, -0.15) is 0 Å². The van der Waals surface area contributed by atoms with Gasteiger partial charge in [0, 0.05) is 17.8 Å². The van der Waals surface area contributed by atoms with Crippen molar-refractivity contribution in [3.63, 3.8) is 0 Å². The van der Waals surface area contributed by atoms with E-state index >= 15 is 0 Å². The Hall–Kier alpha value is -1.46. The van der Waals surface area contributed by atoms with Crippen molar-refractivity contribution in [2.45, 2.75) is 25.7 Å². The van der Waals surface area contributed by atoms with E-state index in [1.165, 1.54) is 23.8 Å². The molecule has 1 aliphatic rings. The molecule has 5 heteroatoms. The van der Waals surface area contributed by atoms with Crippen LogP contribution in [0.1, 0.15) is 31.2 Å². The zero-order valence-electron chi connectivity index (χ0n) is 12.1. The number of rotatable bonds is 3. The zero-order valence-corrected chi connectivity index (χ0v) is 13.7. The molecule has 0 aliphatic carbocycles. The third-order valence-electron chi connectivity index (χ3n) is 4.13. The van der Waals surface area contributed by atoms with Crippen LogP contribution in [-0.2, 0) is 0 Å². The summed E-state index contributed by atoms with van der Waals surface area (Å²) in [6, 6.07) is 2.05. The van der Waals surface area contributed by atoms with Gasteiger partial charge in [-0.1, -0.05) is 0 Å². The van der Waals surface area contributed by atoms with Gasteiger partial charge >= 0.3 is 0 Å². The average Bonchev–Trinajstić information content (AvgIpc) is 2.88. The highest BCUT2D eigenvalue weighted by atomic mass is 79.9. The van der Waals surface area contributed by atoms with Gasteiger partial charge in [0.05, 0.1) is 5.52 Å². The summed E-state index contributed by atoms with van der Waals surface area (Å²) in [5.74, 6) is 1.44. The molecule has 110 valence electrons. The second-order valence-electron chi connectivity index (χ2n) is 5.31. The minimum atomic E-state index is 0.584. The highest BCUT2D eigenvalue weighted by molar-refractivity contribution is 9.10. The van der Waals surface area contributed by atoms with E-state index in [0.717, 1.165) is 29.0 Å². The zero-order chi connectivity index (χ0) is 14.8. The van der Waals surface area contributed by atoms with Crippen molar-refractivity contribution < 1.29 is 0 Å². The molecular weight excluding hydrogens is 328 g/mol. The maximum absolute atomic E-state index is 4.41. The number of pyridine rings is 1. The number of halogens is 1.